The summed E-state index contributed by atoms with van der Waals surface area (Å²) in [6.07, 6.45) is 1.67. The molecule has 2 aromatic heterocycles. The van der Waals surface area contributed by atoms with Gasteiger partial charge in [-0.2, -0.15) is 10.2 Å². The van der Waals surface area contributed by atoms with Gasteiger partial charge in [-0.1, -0.05) is 18.2 Å². The monoisotopic (exact) mass is 253 g/mol. The van der Waals surface area contributed by atoms with E-state index in [-0.39, 0.29) is 6.04 Å². The lowest BCUT2D eigenvalue weighted by molar-refractivity contribution is 0.448. The van der Waals surface area contributed by atoms with Crippen LogP contribution in [0.3, 0.4) is 0 Å². The number of nitrogens with zero attached hydrogens (tertiary/aromatic N) is 2. The maximum Gasteiger partial charge on any atom is 0.134 e. The third-order valence-corrected chi connectivity index (χ3v) is 3.09. The second-order valence-corrected chi connectivity index (χ2v) is 4.50. The largest absolute Gasteiger partial charge is 0.459 e. The third-order valence-electron chi connectivity index (χ3n) is 3.09. The van der Waals surface area contributed by atoms with Crippen molar-refractivity contribution in [2.45, 2.75) is 19.5 Å². The number of benzene rings is 1. The minimum Gasteiger partial charge on any atom is -0.459 e. The Balaban J connectivity index is 1.71. The molecule has 4 nitrogen and oxygen atoms in total. The summed E-state index contributed by atoms with van der Waals surface area (Å²) < 4.78 is 5.82. The van der Waals surface area contributed by atoms with Crippen LogP contribution in [-0.2, 0) is 6.54 Å². The van der Waals surface area contributed by atoms with Crippen LogP contribution < -0.4 is 5.32 Å². The molecule has 2 heterocycles. The summed E-state index contributed by atoms with van der Waals surface area (Å²) >= 11 is 0. The first-order chi connectivity index (χ1) is 9.33. The number of fused-ring (bicyclic) bond motifs is 1. The van der Waals surface area contributed by atoms with Gasteiger partial charge in [0.05, 0.1) is 11.7 Å². The van der Waals surface area contributed by atoms with Gasteiger partial charge in [0.1, 0.15) is 11.3 Å². The van der Waals surface area contributed by atoms with Gasteiger partial charge in [0, 0.05) is 18.1 Å². The van der Waals surface area contributed by atoms with Crippen LogP contribution in [0.15, 0.2) is 53.1 Å². The summed E-state index contributed by atoms with van der Waals surface area (Å²) in [5.74, 6) is 0.935. The van der Waals surface area contributed by atoms with Crippen molar-refractivity contribution in [1.82, 2.24) is 15.5 Å². The topological polar surface area (TPSA) is 51.0 Å². The summed E-state index contributed by atoms with van der Waals surface area (Å²) in [6.45, 7) is 2.75. The zero-order valence-corrected chi connectivity index (χ0v) is 10.7. The first-order valence-corrected chi connectivity index (χ1v) is 6.31. The second kappa shape index (κ2) is 5.20. The highest BCUT2D eigenvalue weighted by molar-refractivity contribution is 5.77. The van der Waals surface area contributed by atoms with E-state index in [9.17, 15) is 0 Å². The van der Waals surface area contributed by atoms with E-state index in [0.717, 1.165) is 22.4 Å². The highest BCUT2D eigenvalue weighted by atomic mass is 16.3. The Bertz CT molecular complexity index is 630. The molecule has 1 N–H and O–H groups in total. The molecule has 0 amide bonds. The Hall–Kier alpha value is -2.20. The molecule has 0 aliphatic rings. The molecule has 0 saturated carbocycles. The molecule has 0 aliphatic carbocycles. The minimum atomic E-state index is 0.134. The van der Waals surface area contributed by atoms with E-state index in [2.05, 4.69) is 34.6 Å². The van der Waals surface area contributed by atoms with E-state index in [1.165, 1.54) is 0 Å². The van der Waals surface area contributed by atoms with E-state index in [4.69, 9.17) is 4.42 Å². The smallest absolute Gasteiger partial charge is 0.134 e. The van der Waals surface area contributed by atoms with Crippen molar-refractivity contribution < 1.29 is 4.42 Å². The molecule has 0 saturated heterocycles. The lowest BCUT2D eigenvalue weighted by Gasteiger charge is -2.10. The van der Waals surface area contributed by atoms with Crippen molar-refractivity contribution in [3.63, 3.8) is 0 Å². The molecule has 1 atom stereocenters. The molecular formula is C15H15N3O. The predicted molar refractivity (Wildman–Crippen MR) is 73.5 cm³/mol. The maximum atomic E-state index is 5.82. The fourth-order valence-corrected chi connectivity index (χ4v) is 2.00. The summed E-state index contributed by atoms with van der Waals surface area (Å²) in [4.78, 5) is 0. The quantitative estimate of drug-likeness (QED) is 0.776. The Morgan fingerprint density at radius 3 is 2.89 bits per heavy atom. The Morgan fingerprint density at radius 2 is 2.11 bits per heavy atom. The molecule has 0 radical (unpaired) electrons. The zero-order chi connectivity index (χ0) is 13.1. The van der Waals surface area contributed by atoms with Crippen LogP contribution in [0, 0.1) is 0 Å². The van der Waals surface area contributed by atoms with Crippen molar-refractivity contribution >= 4 is 11.0 Å². The molecule has 0 spiro atoms. The van der Waals surface area contributed by atoms with Gasteiger partial charge in [-0.3, -0.25) is 0 Å². The van der Waals surface area contributed by atoms with Gasteiger partial charge in [-0.25, -0.2) is 0 Å². The molecule has 0 bridgehead atoms. The normalized spacial score (nSPS) is 12.7. The average molecular weight is 253 g/mol. The van der Waals surface area contributed by atoms with Crippen LogP contribution >= 0.6 is 0 Å². The van der Waals surface area contributed by atoms with Crippen LogP contribution in [0.4, 0.5) is 0 Å². The summed E-state index contributed by atoms with van der Waals surface area (Å²) in [6, 6.07) is 14.1. The number of para-hydroxylation sites is 1. The summed E-state index contributed by atoms with van der Waals surface area (Å²) in [7, 11) is 0. The lowest BCUT2D eigenvalue weighted by Crippen LogP contribution is -2.18. The molecule has 3 aromatic rings. The van der Waals surface area contributed by atoms with Crippen molar-refractivity contribution in [1.29, 1.82) is 0 Å². The zero-order valence-electron chi connectivity index (χ0n) is 10.7. The third kappa shape index (κ3) is 2.63. The van der Waals surface area contributed by atoms with Crippen LogP contribution in [-0.4, -0.2) is 10.2 Å². The van der Waals surface area contributed by atoms with Crippen molar-refractivity contribution in [2.75, 3.05) is 0 Å². The molecule has 19 heavy (non-hydrogen) atoms. The second-order valence-electron chi connectivity index (χ2n) is 4.50. The van der Waals surface area contributed by atoms with Crippen molar-refractivity contribution in [3.8, 4) is 0 Å². The highest BCUT2D eigenvalue weighted by Gasteiger charge is 2.10. The van der Waals surface area contributed by atoms with E-state index in [0.29, 0.717) is 6.54 Å². The minimum absolute atomic E-state index is 0.134. The summed E-state index contributed by atoms with van der Waals surface area (Å²) in [5, 5.41) is 12.4. The van der Waals surface area contributed by atoms with Crippen LogP contribution in [0.5, 0.6) is 0 Å². The average Bonchev–Trinajstić information content (AvgIpc) is 2.90. The van der Waals surface area contributed by atoms with Gasteiger partial charge in [0.25, 0.3) is 0 Å². The van der Waals surface area contributed by atoms with E-state index < -0.39 is 0 Å². The van der Waals surface area contributed by atoms with Gasteiger partial charge in [0.2, 0.25) is 0 Å². The highest BCUT2D eigenvalue weighted by Crippen LogP contribution is 2.23. The van der Waals surface area contributed by atoms with Gasteiger partial charge in [-0.15, -0.1) is 0 Å². The Morgan fingerprint density at radius 1 is 1.21 bits per heavy atom. The van der Waals surface area contributed by atoms with Gasteiger partial charge >= 0.3 is 0 Å². The molecule has 1 unspecified atom stereocenters. The fourth-order valence-electron chi connectivity index (χ4n) is 2.00. The molecule has 1 aromatic carbocycles. The van der Waals surface area contributed by atoms with E-state index in [1.54, 1.807) is 6.20 Å². The lowest BCUT2D eigenvalue weighted by atomic mass is 10.2. The number of rotatable bonds is 4. The van der Waals surface area contributed by atoms with Gasteiger partial charge in [-0.05, 0) is 31.2 Å². The van der Waals surface area contributed by atoms with E-state index in [1.807, 2.05) is 30.3 Å². The van der Waals surface area contributed by atoms with Gasteiger partial charge < -0.3 is 9.73 Å². The molecule has 0 fully saturated rings. The molecule has 96 valence electrons. The molecule has 3 rings (SSSR count). The van der Waals surface area contributed by atoms with Gasteiger partial charge in [0.15, 0.2) is 0 Å². The Kier molecular flexibility index (Phi) is 3.25. The number of hydrogen-bond acceptors (Lipinski definition) is 4. The van der Waals surface area contributed by atoms with Crippen molar-refractivity contribution in [3.05, 3.63) is 60.1 Å². The SMILES string of the molecule is CC(NCc1cccnn1)c1cc2ccccc2o1. The predicted octanol–water partition coefficient (Wildman–Crippen LogP) is 3.07. The van der Waals surface area contributed by atoms with E-state index >= 15 is 0 Å². The molecule has 0 aliphatic heterocycles. The number of aromatic nitrogens is 2. The molecule has 4 heteroatoms. The number of hydrogen-bond donors (Lipinski definition) is 1. The maximum absolute atomic E-state index is 5.82. The van der Waals surface area contributed by atoms with Crippen LogP contribution in [0.1, 0.15) is 24.4 Å². The van der Waals surface area contributed by atoms with Crippen molar-refractivity contribution in [2.24, 2.45) is 0 Å². The first-order valence-electron chi connectivity index (χ1n) is 6.31. The summed E-state index contributed by atoms with van der Waals surface area (Å²) in [5.41, 5.74) is 1.84. The van der Waals surface area contributed by atoms with Crippen LogP contribution in [0.25, 0.3) is 11.0 Å². The standard InChI is InChI=1S/C15H15N3O/c1-11(16-10-13-6-4-8-17-18-13)15-9-12-5-2-3-7-14(12)19-15/h2-9,11,16H,10H2,1H3. The number of furan rings is 1. The number of nitrogens with one attached hydrogen (secondary N) is 1. The molecular weight excluding hydrogens is 238 g/mol. The van der Waals surface area contributed by atoms with Crippen LogP contribution in [0.2, 0.25) is 0 Å². The fraction of sp³-hybridized carbons (Fsp3) is 0.200. The first kappa shape index (κ1) is 11.9. The Labute approximate surface area is 111 Å².